The number of nitrogens with one attached hydrogen (secondary N) is 3. The molecular weight excluding hydrogens is 547 g/mol. The molecule has 40 heavy (non-hydrogen) atoms. The molecule has 14 nitrogen and oxygen atoms in total. The topological polar surface area (TPSA) is 219 Å². The van der Waals surface area contributed by atoms with Gasteiger partial charge in [0.2, 0.25) is 12.3 Å². The lowest BCUT2D eigenvalue weighted by Crippen LogP contribution is -2.47. The number of nitrogens with zero attached hydrogens (tertiary/aromatic N) is 1. The largest absolute Gasteiger partial charge is 0.507 e. The number of phenols is 1. The molecule has 2 rings (SSSR count). The minimum atomic E-state index is -4.47. The van der Waals surface area contributed by atoms with E-state index in [1.54, 1.807) is 6.92 Å². The number of hydrogen-bond donors (Lipinski definition) is 7. The van der Waals surface area contributed by atoms with Gasteiger partial charge in [0, 0.05) is 5.56 Å². The van der Waals surface area contributed by atoms with Crippen LogP contribution < -0.4 is 16.0 Å². The van der Waals surface area contributed by atoms with E-state index in [2.05, 4.69) is 10.6 Å². The van der Waals surface area contributed by atoms with Crippen molar-refractivity contribution in [2.75, 3.05) is 13.0 Å². The second-order valence-electron chi connectivity index (χ2n) is 9.01. The van der Waals surface area contributed by atoms with Crippen LogP contribution in [0.5, 0.6) is 5.75 Å². The standard InChI is InChI=1S/C25H35N4O10P/c1-3-5-6-7-17(19(4-2)29(35)15-30)23(32)26-13-27-25(34)22-11-10-21(39-22)16-8-9-18(20(31)12-16)24(33)28-14-40(36,37)38/h8-12,15,17,19,31,35H,3-7,13-14H2,1-2H3,(H,26,32)(H,27,34)(H,28,33)(H2,36,37,38)/t17-,19-/m1/s1. The number of aromatic hydroxyl groups is 1. The highest BCUT2D eigenvalue weighted by Gasteiger charge is 2.30. The van der Waals surface area contributed by atoms with Crippen LogP contribution >= 0.6 is 7.60 Å². The van der Waals surface area contributed by atoms with Crippen LogP contribution in [0.15, 0.2) is 34.7 Å². The molecule has 0 bridgehead atoms. The van der Waals surface area contributed by atoms with Gasteiger partial charge >= 0.3 is 7.60 Å². The van der Waals surface area contributed by atoms with Crippen LogP contribution in [0.25, 0.3) is 11.3 Å². The van der Waals surface area contributed by atoms with E-state index in [-0.39, 0.29) is 30.2 Å². The van der Waals surface area contributed by atoms with Crippen molar-refractivity contribution in [3.8, 4) is 17.1 Å². The third-order valence-electron chi connectivity index (χ3n) is 6.10. The fourth-order valence-electron chi connectivity index (χ4n) is 4.04. The lowest BCUT2D eigenvalue weighted by Gasteiger charge is -2.29. The first-order valence-corrected chi connectivity index (χ1v) is 14.5. The zero-order chi connectivity index (χ0) is 29.9. The highest BCUT2D eigenvalue weighted by Crippen LogP contribution is 2.33. The van der Waals surface area contributed by atoms with Gasteiger partial charge in [-0.3, -0.25) is 29.0 Å². The summed E-state index contributed by atoms with van der Waals surface area (Å²) in [6.45, 7) is 3.53. The first-order chi connectivity index (χ1) is 18.9. The Morgan fingerprint density at radius 2 is 1.77 bits per heavy atom. The highest BCUT2D eigenvalue weighted by atomic mass is 31.2. The molecule has 0 saturated carbocycles. The lowest BCUT2D eigenvalue weighted by atomic mass is 9.90. The number of benzene rings is 1. The highest BCUT2D eigenvalue weighted by molar-refractivity contribution is 7.51. The third-order valence-corrected chi connectivity index (χ3v) is 6.67. The average Bonchev–Trinajstić information content (AvgIpc) is 3.41. The Hall–Kier alpha value is -3.71. The van der Waals surface area contributed by atoms with Crippen molar-refractivity contribution in [1.82, 2.24) is 21.0 Å². The SMILES string of the molecule is CCCCC[C@@H](C(=O)NCNC(=O)c1ccc(-c2ccc(C(=O)NCP(=O)(O)O)c(O)c2)o1)[C@@H](CC)N(O)C=O. The molecule has 15 heteroatoms. The van der Waals surface area contributed by atoms with Crippen molar-refractivity contribution in [3.05, 3.63) is 41.7 Å². The van der Waals surface area contributed by atoms with E-state index in [0.29, 0.717) is 23.5 Å². The van der Waals surface area contributed by atoms with Crippen LogP contribution in [0.2, 0.25) is 0 Å². The third kappa shape index (κ3) is 9.49. The lowest BCUT2D eigenvalue weighted by molar-refractivity contribution is -0.168. The number of rotatable bonds is 16. The predicted octanol–water partition coefficient (Wildman–Crippen LogP) is 2.14. The maximum Gasteiger partial charge on any atom is 0.344 e. The smallest absolute Gasteiger partial charge is 0.344 e. The van der Waals surface area contributed by atoms with E-state index in [1.807, 2.05) is 12.2 Å². The maximum atomic E-state index is 12.8. The fourth-order valence-corrected chi connectivity index (χ4v) is 4.39. The second-order valence-corrected chi connectivity index (χ2v) is 10.7. The van der Waals surface area contributed by atoms with Gasteiger partial charge in [-0.05, 0) is 37.1 Å². The molecule has 0 radical (unpaired) electrons. The first-order valence-electron chi connectivity index (χ1n) is 12.7. The van der Waals surface area contributed by atoms with E-state index in [9.17, 15) is 34.1 Å². The molecule has 0 unspecified atom stereocenters. The Morgan fingerprint density at radius 1 is 1.05 bits per heavy atom. The molecule has 2 aromatic rings. The van der Waals surface area contributed by atoms with Crippen LogP contribution in [0.3, 0.4) is 0 Å². The normalized spacial score (nSPS) is 12.7. The summed E-state index contributed by atoms with van der Waals surface area (Å²) in [7, 11) is -4.47. The second kappa shape index (κ2) is 15.2. The van der Waals surface area contributed by atoms with Gasteiger partial charge in [-0.25, -0.2) is 5.06 Å². The zero-order valence-electron chi connectivity index (χ0n) is 22.2. The van der Waals surface area contributed by atoms with Gasteiger partial charge in [0.15, 0.2) is 5.76 Å². The van der Waals surface area contributed by atoms with Crippen LogP contribution in [0, 0.1) is 5.92 Å². The number of hydroxylamine groups is 2. The number of unbranched alkanes of at least 4 members (excludes halogenated alkanes) is 2. The summed E-state index contributed by atoms with van der Waals surface area (Å²) in [6, 6.07) is 5.96. The molecule has 4 amide bonds. The van der Waals surface area contributed by atoms with Gasteiger partial charge in [-0.15, -0.1) is 0 Å². The Labute approximate surface area is 230 Å². The Bertz CT molecular complexity index is 1230. The first kappa shape index (κ1) is 32.5. The Morgan fingerprint density at radius 3 is 2.38 bits per heavy atom. The predicted molar refractivity (Wildman–Crippen MR) is 142 cm³/mol. The molecule has 2 atom stereocenters. The molecule has 7 N–H and O–H groups in total. The quantitative estimate of drug-likeness (QED) is 0.0382. The Kier molecular flexibility index (Phi) is 12.3. The van der Waals surface area contributed by atoms with Crippen LogP contribution in [-0.2, 0) is 14.2 Å². The summed E-state index contributed by atoms with van der Waals surface area (Å²) in [6.07, 6.45) is 2.73. The Balaban J connectivity index is 2.00. The minimum Gasteiger partial charge on any atom is -0.507 e. The van der Waals surface area contributed by atoms with Gasteiger partial charge in [-0.1, -0.05) is 39.2 Å². The molecule has 0 aliphatic carbocycles. The molecule has 220 valence electrons. The summed E-state index contributed by atoms with van der Waals surface area (Å²) in [5.74, 6) is -3.01. The monoisotopic (exact) mass is 582 g/mol. The van der Waals surface area contributed by atoms with Crippen molar-refractivity contribution < 1.29 is 48.3 Å². The number of hydrogen-bond acceptors (Lipinski definition) is 8. The van der Waals surface area contributed by atoms with E-state index in [4.69, 9.17) is 14.2 Å². The number of furan rings is 1. The number of carbonyl (C=O) groups is 4. The molecule has 0 fully saturated rings. The van der Waals surface area contributed by atoms with Crippen LogP contribution in [0.4, 0.5) is 0 Å². The van der Waals surface area contributed by atoms with Crippen LogP contribution in [0.1, 0.15) is 66.9 Å². The molecule has 1 aromatic heterocycles. The van der Waals surface area contributed by atoms with Gasteiger partial charge in [-0.2, -0.15) is 0 Å². The van der Waals surface area contributed by atoms with Gasteiger partial charge in [0.25, 0.3) is 11.8 Å². The van der Waals surface area contributed by atoms with Crippen molar-refractivity contribution in [2.45, 2.75) is 52.0 Å². The molecule has 0 spiro atoms. The van der Waals surface area contributed by atoms with Crippen molar-refractivity contribution >= 4 is 31.7 Å². The number of carbonyl (C=O) groups excluding carboxylic acids is 4. The van der Waals surface area contributed by atoms with Crippen molar-refractivity contribution in [2.24, 2.45) is 5.92 Å². The summed E-state index contributed by atoms with van der Waals surface area (Å²) < 4.78 is 16.5. The molecule has 1 heterocycles. The van der Waals surface area contributed by atoms with Crippen LogP contribution in [-0.4, -0.2) is 68.3 Å². The fraction of sp³-hybridized carbons (Fsp3) is 0.440. The van der Waals surface area contributed by atoms with Gasteiger partial charge < -0.3 is 35.3 Å². The summed E-state index contributed by atoms with van der Waals surface area (Å²) in [5, 5.41) is 27.7. The van der Waals surface area contributed by atoms with Gasteiger partial charge in [0.05, 0.1) is 24.2 Å². The van der Waals surface area contributed by atoms with E-state index < -0.39 is 49.3 Å². The van der Waals surface area contributed by atoms with Gasteiger partial charge in [0.1, 0.15) is 17.8 Å². The number of amides is 4. The summed E-state index contributed by atoms with van der Waals surface area (Å²) in [4.78, 5) is 66.3. The van der Waals surface area contributed by atoms with E-state index >= 15 is 0 Å². The molecule has 1 aromatic carbocycles. The van der Waals surface area contributed by atoms with E-state index in [1.165, 1.54) is 30.3 Å². The zero-order valence-corrected chi connectivity index (χ0v) is 23.1. The maximum absolute atomic E-state index is 12.8. The van der Waals surface area contributed by atoms with Crippen molar-refractivity contribution in [3.63, 3.8) is 0 Å². The molecule has 0 saturated heterocycles. The van der Waals surface area contributed by atoms with Crippen molar-refractivity contribution in [1.29, 1.82) is 0 Å². The molecular formula is C25H35N4O10P. The average molecular weight is 583 g/mol. The number of phenolic OH excluding ortho intramolecular Hbond substituents is 1. The minimum absolute atomic E-state index is 0.0966. The summed E-state index contributed by atoms with van der Waals surface area (Å²) in [5.41, 5.74) is 0.105. The molecule has 0 aliphatic heterocycles. The summed E-state index contributed by atoms with van der Waals surface area (Å²) >= 11 is 0. The van der Waals surface area contributed by atoms with E-state index in [0.717, 1.165) is 19.3 Å². The molecule has 0 aliphatic rings.